The largest absolute Gasteiger partial charge is 0.489 e. The van der Waals surface area contributed by atoms with E-state index in [0.717, 1.165) is 43.5 Å². The van der Waals surface area contributed by atoms with Crippen molar-refractivity contribution in [1.82, 2.24) is 15.3 Å². The summed E-state index contributed by atoms with van der Waals surface area (Å²) < 4.78 is 11.6. The summed E-state index contributed by atoms with van der Waals surface area (Å²) >= 11 is 0. The third-order valence-electron chi connectivity index (χ3n) is 6.97. The zero-order valence-electron chi connectivity index (χ0n) is 19.8. The number of likely N-dealkylation sites (N-methyl/N-ethyl adjacent to an activating group) is 1. The smallest absolute Gasteiger partial charge is 0.407 e. The molecule has 0 spiro atoms. The van der Waals surface area contributed by atoms with Crippen molar-refractivity contribution < 1.29 is 14.3 Å². The van der Waals surface area contributed by atoms with Gasteiger partial charge in [-0.2, -0.15) is 0 Å². The Bertz CT molecular complexity index is 808. The highest BCUT2D eigenvalue weighted by Gasteiger charge is 2.36. The van der Waals surface area contributed by atoms with E-state index >= 15 is 0 Å². The second-order valence-corrected chi connectivity index (χ2v) is 9.27. The van der Waals surface area contributed by atoms with Crippen LogP contribution in [0.15, 0.2) is 17.8 Å². The Morgan fingerprint density at radius 1 is 1.25 bits per heavy atom. The highest BCUT2D eigenvalue weighted by atomic mass is 16.5. The Morgan fingerprint density at radius 3 is 2.53 bits per heavy atom. The Morgan fingerprint density at radius 2 is 1.97 bits per heavy atom. The third kappa shape index (κ3) is 6.06. The minimum absolute atomic E-state index is 0.151. The lowest BCUT2D eigenvalue weighted by Gasteiger charge is -2.40. The van der Waals surface area contributed by atoms with Gasteiger partial charge in [-0.15, -0.1) is 0 Å². The van der Waals surface area contributed by atoms with Gasteiger partial charge in [-0.3, -0.25) is 0 Å². The molecule has 8 nitrogen and oxygen atoms in total. The zero-order chi connectivity index (χ0) is 23.1. The summed E-state index contributed by atoms with van der Waals surface area (Å²) in [7, 11) is 1.68. The molecule has 0 bridgehead atoms. The number of carbonyl (C=O) groups is 1. The van der Waals surface area contributed by atoms with Gasteiger partial charge in [-0.05, 0) is 64.0 Å². The van der Waals surface area contributed by atoms with Gasteiger partial charge in [0.15, 0.2) is 0 Å². The maximum atomic E-state index is 12.2. The molecule has 2 aliphatic rings. The number of ether oxygens (including phenoxy) is 2. The molecule has 32 heavy (non-hydrogen) atoms. The molecule has 5 N–H and O–H groups in total. The number of rotatable bonds is 9. The van der Waals surface area contributed by atoms with Crippen molar-refractivity contribution in [1.29, 1.82) is 0 Å². The predicted octanol–water partition coefficient (Wildman–Crippen LogP) is 3.84. The van der Waals surface area contributed by atoms with Crippen molar-refractivity contribution in [2.75, 3.05) is 20.2 Å². The number of aryl methyl sites for hydroxylation is 1. The lowest BCUT2D eigenvalue weighted by molar-refractivity contribution is 0.0243. The molecular weight excluding hydrogens is 406 g/mol. The molecule has 0 aromatic carbocycles. The Kier molecular flexibility index (Phi) is 8.23. The molecule has 8 heteroatoms. The van der Waals surface area contributed by atoms with E-state index in [9.17, 15) is 4.79 Å². The first-order chi connectivity index (χ1) is 15.3. The number of carbonyl (C=O) groups excluding carboxylic acids is 1. The van der Waals surface area contributed by atoms with Gasteiger partial charge in [0.25, 0.3) is 0 Å². The van der Waals surface area contributed by atoms with Crippen LogP contribution in [0.25, 0.3) is 5.70 Å². The maximum Gasteiger partial charge on any atom is 0.407 e. The van der Waals surface area contributed by atoms with Gasteiger partial charge in [0, 0.05) is 12.5 Å². The molecule has 3 rings (SSSR count). The molecule has 0 aliphatic heterocycles. The molecule has 1 aromatic heterocycles. The number of amides is 1. The molecule has 2 aliphatic carbocycles. The van der Waals surface area contributed by atoms with E-state index < -0.39 is 6.09 Å². The van der Waals surface area contributed by atoms with Crippen molar-refractivity contribution in [2.45, 2.75) is 77.7 Å². The van der Waals surface area contributed by atoms with Crippen molar-refractivity contribution in [3.63, 3.8) is 0 Å². The molecule has 0 radical (unpaired) electrons. The Balaban J connectivity index is 1.62. The van der Waals surface area contributed by atoms with Crippen LogP contribution >= 0.6 is 0 Å². The molecule has 1 heterocycles. The van der Waals surface area contributed by atoms with Crippen LogP contribution in [0, 0.1) is 12.3 Å². The van der Waals surface area contributed by atoms with Gasteiger partial charge >= 0.3 is 6.09 Å². The number of nitrogens with one attached hydrogen (secondary N) is 1. The minimum Gasteiger partial charge on any atom is -0.489 e. The van der Waals surface area contributed by atoms with Crippen molar-refractivity contribution in [3.8, 4) is 5.75 Å². The molecular formula is C24H39N5O3. The van der Waals surface area contributed by atoms with E-state index in [2.05, 4.69) is 17.2 Å². The number of pyridine rings is 1. The summed E-state index contributed by atoms with van der Waals surface area (Å²) in [5, 5.41) is 4.17. The average molecular weight is 446 g/mol. The SMILES string of the molecule is CCC1(COC(=O)NC/C(=C(/N)c2ccc(OC3CCCCC3)c(C)n2)N(C)N)CCC1. The quantitative estimate of drug-likeness (QED) is 0.391. The molecule has 0 atom stereocenters. The fraction of sp³-hybridized carbons (Fsp3) is 0.667. The first-order valence-corrected chi connectivity index (χ1v) is 11.9. The number of hydrazine groups is 1. The van der Waals surface area contributed by atoms with Crippen LogP contribution in [-0.2, 0) is 4.74 Å². The van der Waals surface area contributed by atoms with Crippen molar-refractivity contribution in [2.24, 2.45) is 17.0 Å². The summed E-state index contributed by atoms with van der Waals surface area (Å²) in [6.07, 6.45) is 10.2. The lowest BCUT2D eigenvalue weighted by Crippen LogP contribution is -2.39. The maximum absolute atomic E-state index is 12.2. The number of hydrogen-bond acceptors (Lipinski definition) is 7. The molecule has 1 amide bonds. The summed E-state index contributed by atoms with van der Waals surface area (Å²) in [5.74, 6) is 6.79. The highest BCUT2D eigenvalue weighted by molar-refractivity contribution is 5.69. The summed E-state index contributed by atoms with van der Waals surface area (Å²) in [4.78, 5) is 16.9. The van der Waals surface area contributed by atoms with Crippen LogP contribution in [0.3, 0.4) is 0 Å². The molecule has 2 fully saturated rings. The van der Waals surface area contributed by atoms with Gasteiger partial charge in [0.2, 0.25) is 0 Å². The van der Waals surface area contributed by atoms with Crippen molar-refractivity contribution >= 4 is 11.8 Å². The fourth-order valence-corrected chi connectivity index (χ4v) is 4.45. The molecule has 0 unspecified atom stereocenters. The van der Waals surface area contributed by atoms with Gasteiger partial charge in [-0.1, -0.05) is 19.8 Å². The standard InChI is InChI=1S/C24H39N5O3/c1-4-24(13-8-14-24)16-31-23(30)27-15-20(29(3)26)22(25)19-11-12-21(17(2)28-19)32-18-9-6-5-7-10-18/h11-12,18H,4-10,13-16,25-26H2,1-3H3,(H,27,30)/b22-20-. The van der Waals surface area contributed by atoms with Crippen LogP contribution < -0.4 is 21.6 Å². The molecule has 178 valence electrons. The number of nitrogens with two attached hydrogens (primary N) is 2. The second kappa shape index (κ2) is 10.9. The summed E-state index contributed by atoms with van der Waals surface area (Å²) in [6.45, 7) is 4.66. The predicted molar refractivity (Wildman–Crippen MR) is 125 cm³/mol. The van der Waals surface area contributed by atoms with Gasteiger partial charge in [0.05, 0.1) is 42.0 Å². The summed E-state index contributed by atoms with van der Waals surface area (Å²) in [6, 6.07) is 3.75. The minimum atomic E-state index is -0.461. The first kappa shape index (κ1) is 24.2. The first-order valence-electron chi connectivity index (χ1n) is 11.9. The van der Waals surface area contributed by atoms with E-state index in [1.54, 1.807) is 7.05 Å². The zero-order valence-corrected chi connectivity index (χ0v) is 19.8. The van der Waals surface area contributed by atoms with E-state index in [4.69, 9.17) is 21.1 Å². The Hall–Kier alpha value is -2.48. The number of alkyl carbamates (subject to hydrolysis) is 1. The van der Waals surface area contributed by atoms with E-state index in [1.807, 2.05) is 19.1 Å². The van der Waals surface area contributed by atoms with Crippen LogP contribution in [0.4, 0.5) is 4.79 Å². The molecule has 2 saturated carbocycles. The second-order valence-electron chi connectivity index (χ2n) is 9.27. The van der Waals surface area contributed by atoms with Gasteiger partial charge in [0.1, 0.15) is 5.75 Å². The van der Waals surface area contributed by atoms with Crippen LogP contribution in [0.5, 0.6) is 5.75 Å². The molecule has 0 saturated heterocycles. The van der Waals surface area contributed by atoms with Crippen LogP contribution in [0.1, 0.15) is 76.1 Å². The number of aromatic nitrogens is 1. The Labute approximate surface area is 191 Å². The highest BCUT2D eigenvalue weighted by Crippen LogP contribution is 2.43. The monoisotopic (exact) mass is 445 g/mol. The normalized spacial score (nSPS) is 18.9. The van der Waals surface area contributed by atoms with E-state index in [0.29, 0.717) is 23.7 Å². The lowest BCUT2D eigenvalue weighted by atomic mass is 9.68. The topological polar surface area (TPSA) is 116 Å². The van der Waals surface area contributed by atoms with Crippen LogP contribution in [0.2, 0.25) is 0 Å². The van der Waals surface area contributed by atoms with E-state index in [-0.39, 0.29) is 18.1 Å². The van der Waals surface area contributed by atoms with Gasteiger partial charge < -0.3 is 25.5 Å². The number of hydrogen-bond donors (Lipinski definition) is 3. The average Bonchev–Trinajstić information content (AvgIpc) is 2.75. The summed E-state index contributed by atoms with van der Waals surface area (Å²) in [5.41, 5.74) is 8.89. The molecule has 1 aromatic rings. The number of nitrogens with zero attached hydrogens (tertiary/aromatic N) is 2. The fourth-order valence-electron chi connectivity index (χ4n) is 4.45. The van der Waals surface area contributed by atoms with E-state index in [1.165, 1.54) is 30.7 Å². The van der Waals surface area contributed by atoms with Gasteiger partial charge in [-0.25, -0.2) is 15.6 Å². The van der Waals surface area contributed by atoms with Crippen LogP contribution in [-0.4, -0.2) is 42.4 Å². The van der Waals surface area contributed by atoms with Crippen molar-refractivity contribution in [3.05, 3.63) is 29.2 Å². The third-order valence-corrected chi connectivity index (χ3v) is 6.97.